The first-order valence-electron chi connectivity index (χ1n) is 12.3. The molecule has 0 radical (unpaired) electrons. The van der Waals surface area contributed by atoms with E-state index in [1.807, 2.05) is 11.9 Å². The number of halogens is 3. The summed E-state index contributed by atoms with van der Waals surface area (Å²) in [4.78, 5) is 27.6. The van der Waals surface area contributed by atoms with Gasteiger partial charge in [0.05, 0.1) is 28.0 Å². The molecule has 0 spiro atoms. The van der Waals surface area contributed by atoms with E-state index >= 15 is 4.39 Å². The average molecular weight is 598 g/mol. The van der Waals surface area contributed by atoms with E-state index in [0.717, 1.165) is 19.4 Å². The molecular weight excluding hydrogens is 567 g/mol. The fourth-order valence-corrected chi connectivity index (χ4v) is 5.19. The Morgan fingerprint density at radius 3 is 2.70 bits per heavy atom. The molecule has 2 aliphatic rings. The zero-order chi connectivity index (χ0) is 26.9. The van der Waals surface area contributed by atoms with Crippen molar-refractivity contribution in [3.63, 3.8) is 0 Å². The maximum Gasteiger partial charge on any atom is 0.410 e. The topological polar surface area (TPSA) is 94.8 Å². The van der Waals surface area contributed by atoms with Gasteiger partial charge in [0.1, 0.15) is 23.5 Å². The molecule has 3 heterocycles. The zero-order valence-corrected chi connectivity index (χ0v) is 23.8. The minimum atomic E-state index is -0.657. The monoisotopic (exact) mass is 596 g/mol. The van der Waals surface area contributed by atoms with Crippen LogP contribution in [0.3, 0.4) is 0 Å². The predicted molar refractivity (Wildman–Crippen MR) is 143 cm³/mol. The van der Waals surface area contributed by atoms with Gasteiger partial charge in [0.15, 0.2) is 5.82 Å². The van der Waals surface area contributed by atoms with Crippen LogP contribution in [0.1, 0.15) is 40.0 Å². The van der Waals surface area contributed by atoms with Crippen LogP contribution in [0.4, 0.5) is 15.0 Å². The first kappa shape index (κ1) is 27.6. The summed E-state index contributed by atoms with van der Waals surface area (Å²) in [6, 6.07) is 3.65. The average Bonchev–Trinajstić information content (AvgIpc) is 3.25. The van der Waals surface area contributed by atoms with Crippen molar-refractivity contribution in [2.45, 2.75) is 57.7 Å². The van der Waals surface area contributed by atoms with Crippen molar-refractivity contribution < 1.29 is 18.7 Å². The van der Waals surface area contributed by atoms with Gasteiger partial charge in [0, 0.05) is 31.1 Å². The summed E-state index contributed by atoms with van der Waals surface area (Å²) in [6.45, 7) is 7.80. The molecule has 1 amide bonds. The Hall–Kier alpha value is -2.42. The molecule has 2 saturated heterocycles. The van der Waals surface area contributed by atoms with Crippen LogP contribution in [0, 0.1) is 17.1 Å². The van der Waals surface area contributed by atoms with Crippen LogP contribution in [-0.2, 0) is 4.74 Å². The number of anilines is 1. The van der Waals surface area contributed by atoms with E-state index in [2.05, 4.69) is 36.9 Å². The van der Waals surface area contributed by atoms with E-state index in [-0.39, 0.29) is 33.5 Å². The summed E-state index contributed by atoms with van der Waals surface area (Å²) in [6.07, 6.45) is 1.74. The van der Waals surface area contributed by atoms with E-state index in [9.17, 15) is 10.1 Å². The molecule has 0 unspecified atom stereocenters. The predicted octanol–water partition coefficient (Wildman–Crippen LogP) is 5.00. The van der Waals surface area contributed by atoms with Crippen LogP contribution in [0.5, 0.6) is 6.01 Å². The Morgan fingerprint density at radius 2 is 2.05 bits per heavy atom. The zero-order valence-electron chi connectivity index (χ0n) is 21.4. The lowest BCUT2D eigenvalue weighted by Gasteiger charge is -2.41. The first-order valence-corrected chi connectivity index (χ1v) is 13.5. The highest BCUT2D eigenvalue weighted by Crippen LogP contribution is 2.37. The van der Waals surface area contributed by atoms with E-state index in [1.54, 1.807) is 31.7 Å². The van der Waals surface area contributed by atoms with E-state index in [1.165, 1.54) is 0 Å². The lowest BCUT2D eigenvalue weighted by atomic mass is 10.1. The van der Waals surface area contributed by atoms with Gasteiger partial charge in [-0.3, -0.25) is 0 Å². The Bertz CT molecular complexity index is 1220. The standard InChI is InChI=1S/C25H31BrClFN6O3/c1-25(2,3)37-24(35)34-11-10-33(13-15(34)7-8-29)22-17-12-18(27)19(26)20(28)21(17)30-23(31-22)36-14-16-6-5-9-32(16)4/h12,15-16H,5-7,9-11,13-14H2,1-4H3/t15-,16-/m0/s1. The fraction of sp³-hybridized carbons (Fsp3) is 0.600. The number of ether oxygens (including phenoxy) is 2. The molecule has 9 nitrogen and oxygen atoms in total. The van der Waals surface area contributed by atoms with Crippen molar-refractivity contribution in [3.8, 4) is 12.1 Å². The van der Waals surface area contributed by atoms with E-state index in [4.69, 9.17) is 21.1 Å². The summed E-state index contributed by atoms with van der Waals surface area (Å²) in [5.74, 6) is -0.158. The van der Waals surface area contributed by atoms with Gasteiger partial charge < -0.3 is 24.2 Å². The second-order valence-electron chi connectivity index (χ2n) is 10.4. The normalized spacial score (nSPS) is 20.8. The third-order valence-corrected chi connectivity index (χ3v) is 7.90. The Labute approximate surface area is 229 Å². The number of benzene rings is 1. The summed E-state index contributed by atoms with van der Waals surface area (Å²) >= 11 is 9.50. The summed E-state index contributed by atoms with van der Waals surface area (Å²) in [7, 11) is 2.05. The van der Waals surface area contributed by atoms with Gasteiger partial charge in [-0.1, -0.05) is 11.6 Å². The number of aromatic nitrogens is 2. The number of fused-ring (bicyclic) bond motifs is 1. The highest BCUT2D eigenvalue weighted by molar-refractivity contribution is 9.10. The Morgan fingerprint density at radius 1 is 1.30 bits per heavy atom. The van der Waals surface area contributed by atoms with Crippen LogP contribution >= 0.6 is 27.5 Å². The minimum absolute atomic E-state index is 0.0716. The SMILES string of the molecule is CN1CCC[C@H]1COc1nc(N2CCN(C(=O)OC(C)(C)C)[C@@H](CC#N)C2)c2cc(Cl)c(Br)c(F)c2n1. The first-order chi connectivity index (χ1) is 17.5. The molecule has 2 aromatic rings. The summed E-state index contributed by atoms with van der Waals surface area (Å²) in [5.41, 5.74) is -0.572. The summed E-state index contributed by atoms with van der Waals surface area (Å²) < 4.78 is 26.9. The number of piperazine rings is 1. The van der Waals surface area contributed by atoms with Crippen LogP contribution in [0.2, 0.25) is 5.02 Å². The number of carbonyl (C=O) groups is 1. The largest absolute Gasteiger partial charge is 0.462 e. The Balaban J connectivity index is 1.67. The van der Waals surface area contributed by atoms with Crippen molar-refractivity contribution in [2.24, 2.45) is 0 Å². The van der Waals surface area contributed by atoms with Crippen LogP contribution in [-0.4, -0.2) is 83.4 Å². The lowest BCUT2D eigenvalue weighted by molar-refractivity contribution is 0.0145. The van der Waals surface area contributed by atoms with Crippen LogP contribution in [0.15, 0.2) is 10.5 Å². The number of rotatable bonds is 5. The number of carbonyl (C=O) groups excluding carboxylic acids is 1. The Kier molecular flexibility index (Phi) is 8.31. The number of likely N-dealkylation sites (tertiary alicyclic amines) is 1. The molecule has 0 aliphatic carbocycles. The molecule has 12 heteroatoms. The molecular formula is C25H31BrClFN6O3. The highest BCUT2D eigenvalue weighted by atomic mass is 79.9. The second-order valence-corrected chi connectivity index (χ2v) is 11.6. The van der Waals surface area contributed by atoms with E-state index in [0.29, 0.717) is 37.4 Å². The van der Waals surface area contributed by atoms with Gasteiger partial charge in [-0.2, -0.15) is 15.2 Å². The highest BCUT2D eigenvalue weighted by Gasteiger charge is 2.35. The molecule has 4 rings (SSSR count). The second kappa shape index (κ2) is 11.1. The van der Waals surface area contributed by atoms with Gasteiger partial charge in [-0.05, 0) is 69.2 Å². The fourth-order valence-electron chi connectivity index (χ4n) is 4.69. The van der Waals surface area contributed by atoms with Crippen molar-refractivity contribution in [1.82, 2.24) is 19.8 Å². The maximum absolute atomic E-state index is 15.3. The number of nitriles is 1. The molecule has 200 valence electrons. The van der Waals surface area contributed by atoms with Crippen molar-refractivity contribution >= 4 is 50.3 Å². The molecule has 0 saturated carbocycles. The third-order valence-electron chi connectivity index (χ3n) is 6.60. The van der Waals surface area contributed by atoms with Gasteiger partial charge in [-0.25, -0.2) is 9.18 Å². The summed E-state index contributed by atoms with van der Waals surface area (Å²) in [5, 5.41) is 10.1. The third kappa shape index (κ3) is 6.19. The molecule has 1 aromatic heterocycles. The number of likely N-dealkylation sites (N-methyl/N-ethyl adjacent to an activating group) is 1. The minimum Gasteiger partial charge on any atom is -0.462 e. The molecule has 1 aromatic carbocycles. The van der Waals surface area contributed by atoms with Crippen molar-refractivity contribution in [1.29, 1.82) is 5.26 Å². The molecule has 2 fully saturated rings. The lowest BCUT2D eigenvalue weighted by Crippen LogP contribution is -2.56. The smallest absolute Gasteiger partial charge is 0.410 e. The van der Waals surface area contributed by atoms with Crippen LogP contribution in [0.25, 0.3) is 10.9 Å². The molecule has 2 aliphatic heterocycles. The van der Waals surface area contributed by atoms with Crippen molar-refractivity contribution in [3.05, 3.63) is 21.4 Å². The van der Waals surface area contributed by atoms with E-state index < -0.39 is 23.6 Å². The van der Waals surface area contributed by atoms with Gasteiger partial charge in [0.2, 0.25) is 0 Å². The number of hydrogen-bond donors (Lipinski definition) is 0. The molecule has 37 heavy (non-hydrogen) atoms. The molecule has 0 bridgehead atoms. The number of nitrogens with zero attached hydrogens (tertiary/aromatic N) is 6. The van der Waals surface area contributed by atoms with Gasteiger partial charge >= 0.3 is 12.1 Å². The maximum atomic E-state index is 15.3. The quantitative estimate of drug-likeness (QED) is 0.445. The van der Waals surface area contributed by atoms with Gasteiger partial charge in [-0.15, -0.1) is 0 Å². The molecule has 2 atom stereocenters. The van der Waals surface area contributed by atoms with Gasteiger partial charge in [0.25, 0.3) is 0 Å². The van der Waals surface area contributed by atoms with Crippen LogP contribution < -0.4 is 9.64 Å². The van der Waals surface area contributed by atoms with Crippen molar-refractivity contribution in [2.75, 3.05) is 44.7 Å². The number of hydrogen-bond acceptors (Lipinski definition) is 8. The number of amides is 1. The molecule has 0 N–H and O–H groups in total.